The molecule has 1 atom stereocenters. The Morgan fingerprint density at radius 2 is 1.85 bits per heavy atom. The number of nitrogens with zero attached hydrogens (tertiary/aromatic N) is 1. The Balaban J connectivity index is 1.77. The molecule has 1 unspecified atom stereocenters. The summed E-state index contributed by atoms with van der Waals surface area (Å²) >= 11 is 0. The van der Waals surface area contributed by atoms with Crippen molar-refractivity contribution in [2.45, 2.75) is 38.6 Å². The maximum Gasteiger partial charge on any atom is 0.226 e. The average molecular weight is 376 g/mol. The van der Waals surface area contributed by atoms with Crippen LogP contribution < -0.4 is 14.8 Å². The largest absolute Gasteiger partial charge is 0.493 e. The number of amides is 1. The van der Waals surface area contributed by atoms with E-state index in [4.69, 9.17) is 14.2 Å². The van der Waals surface area contributed by atoms with Gasteiger partial charge in [-0.15, -0.1) is 0 Å². The Morgan fingerprint density at radius 1 is 1.19 bits per heavy atom. The number of carbonyl (C=O) groups is 1. The molecule has 2 fully saturated rings. The van der Waals surface area contributed by atoms with Gasteiger partial charge in [0.15, 0.2) is 11.5 Å². The maximum absolute atomic E-state index is 12.8. The number of benzene rings is 1. The van der Waals surface area contributed by atoms with E-state index in [0.29, 0.717) is 18.0 Å². The zero-order chi connectivity index (χ0) is 19.3. The molecule has 0 radical (unpaired) electrons. The smallest absolute Gasteiger partial charge is 0.226 e. The number of ether oxygens (including phenoxy) is 3. The van der Waals surface area contributed by atoms with Crippen LogP contribution in [-0.4, -0.2) is 57.9 Å². The monoisotopic (exact) mass is 376 g/mol. The van der Waals surface area contributed by atoms with Gasteiger partial charge in [-0.2, -0.15) is 0 Å². The predicted octanol–water partition coefficient (Wildman–Crippen LogP) is 2.77. The first kappa shape index (κ1) is 20.0. The Bertz CT molecular complexity index is 637. The number of rotatable bonds is 7. The van der Waals surface area contributed by atoms with Crippen LogP contribution in [0.3, 0.4) is 0 Å². The first-order chi connectivity index (χ1) is 13.1. The van der Waals surface area contributed by atoms with Gasteiger partial charge in [0.1, 0.15) is 0 Å². The Morgan fingerprint density at radius 3 is 2.48 bits per heavy atom. The summed E-state index contributed by atoms with van der Waals surface area (Å²) in [6.07, 6.45) is 4.26. The second-order valence-corrected chi connectivity index (χ2v) is 7.76. The van der Waals surface area contributed by atoms with E-state index < -0.39 is 0 Å². The topological polar surface area (TPSA) is 60.0 Å². The summed E-state index contributed by atoms with van der Waals surface area (Å²) < 4.78 is 16.4. The fourth-order valence-electron chi connectivity index (χ4n) is 4.19. The van der Waals surface area contributed by atoms with Crippen molar-refractivity contribution in [3.63, 3.8) is 0 Å². The first-order valence-electron chi connectivity index (χ1n) is 9.89. The molecular weight excluding hydrogens is 344 g/mol. The van der Waals surface area contributed by atoms with Crippen molar-refractivity contribution in [2.24, 2.45) is 5.41 Å². The number of methoxy groups -OCH3 is 2. The molecule has 1 amide bonds. The number of nitrogens with one attached hydrogen (secondary N) is 1. The minimum Gasteiger partial charge on any atom is -0.493 e. The summed E-state index contributed by atoms with van der Waals surface area (Å²) in [5, 5.41) is 3.23. The lowest BCUT2D eigenvalue weighted by molar-refractivity contribution is -0.130. The van der Waals surface area contributed by atoms with Gasteiger partial charge in [0, 0.05) is 25.0 Å². The van der Waals surface area contributed by atoms with E-state index in [1.54, 1.807) is 14.2 Å². The lowest BCUT2D eigenvalue weighted by Crippen LogP contribution is -2.46. The molecule has 6 heteroatoms. The predicted molar refractivity (Wildman–Crippen MR) is 104 cm³/mol. The second kappa shape index (κ2) is 8.93. The normalized spacial score (nSPS) is 20.9. The molecule has 0 spiro atoms. The van der Waals surface area contributed by atoms with Gasteiger partial charge in [0.05, 0.1) is 33.5 Å². The molecule has 1 saturated heterocycles. The second-order valence-electron chi connectivity index (χ2n) is 7.76. The maximum atomic E-state index is 12.8. The molecule has 6 nitrogen and oxygen atoms in total. The number of morpholine rings is 1. The van der Waals surface area contributed by atoms with E-state index in [-0.39, 0.29) is 17.4 Å². The van der Waals surface area contributed by atoms with Crippen LogP contribution in [0.2, 0.25) is 0 Å². The molecule has 1 aliphatic carbocycles. The highest BCUT2D eigenvalue weighted by Gasteiger charge is 2.36. The number of hydrogen-bond donors (Lipinski definition) is 1. The SMILES string of the molecule is COc1ccc(C(CNC(=O)C2(C)CCCC2)N2CCOCC2)cc1OC. The van der Waals surface area contributed by atoms with Gasteiger partial charge in [0.2, 0.25) is 5.91 Å². The third-order valence-electron chi connectivity index (χ3n) is 5.99. The lowest BCUT2D eigenvalue weighted by Gasteiger charge is -2.36. The fraction of sp³-hybridized carbons (Fsp3) is 0.667. The minimum absolute atomic E-state index is 0.0858. The van der Waals surface area contributed by atoms with Crippen LogP contribution in [-0.2, 0) is 9.53 Å². The van der Waals surface area contributed by atoms with E-state index in [1.807, 2.05) is 12.1 Å². The summed E-state index contributed by atoms with van der Waals surface area (Å²) in [6, 6.07) is 6.09. The standard InChI is InChI=1S/C21H32N2O4/c1-21(8-4-5-9-21)20(24)22-15-17(23-10-12-27-13-11-23)16-6-7-18(25-2)19(14-16)26-3/h6-7,14,17H,4-5,8-13,15H2,1-3H3,(H,22,24). The molecule has 0 aromatic heterocycles. The summed E-state index contributed by atoms with van der Waals surface area (Å²) in [5.74, 6) is 1.60. The van der Waals surface area contributed by atoms with Crippen LogP contribution in [0.15, 0.2) is 18.2 Å². The Kier molecular flexibility index (Phi) is 6.60. The molecule has 0 bridgehead atoms. The summed E-state index contributed by atoms with van der Waals surface area (Å²) in [4.78, 5) is 15.2. The molecule has 2 aliphatic rings. The summed E-state index contributed by atoms with van der Waals surface area (Å²) in [7, 11) is 3.29. The molecule has 1 N–H and O–H groups in total. The van der Waals surface area contributed by atoms with E-state index in [0.717, 1.165) is 57.6 Å². The third-order valence-corrected chi connectivity index (χ3v) is 5.99. The Hall–Kier alpha value is -1.79. The van der Waals surface area contributed by atoms with Crippen molar-refractivity contribution in [2.75, 3.05) is 47.1 Å². The van der Waals surface area contributed by atoms with Gasteiger partial charge in [-0.1, -0.05) is 25.8 Å². The van der Waals surface area contributed by atoms with Crippen LogP contribution in [0.5, 0.6) is 11.5 Å². The van der Waals surface area contributed by atoms with Crippen molar-refractivity contribution in [1.82, 2.24) is 10.2 Å². The van der Waals surface area contributed by atoms with Crippen molar-refractivity contribution in [1.29, 1.82) is 0 Å². The number of carbonyl (C=O) groups excluding carboxylic acids is 1. The fourth-order valence-corrected chi connectivity index (χ4v) is 4.19. The molecule has 1 aromatic rings. The van der Waals surface area contributed by atoms with Crippen LogP contribution >= 0.6 is 0 Å². The summed E-state index contributed by atoms with van der Waals surface area (Å²) in [6.45, 7) is 5.82. The molecule has 3 rings (SSSR count). The highest BCUT2D eigenvalue weighted by atomic mass is 16.5. The minimum atomic E-state index is -0.215. The zero-order valence-electron chi connectivity index (χ0n) is 16.8. The van der Waals surface area contributed by atoms with E-state index >= 15 is 0 Å². The third kappa shape index (κ3) is 4.55. The molecule has 27 heavy (non-hydrogen) atoms. The zero-order valence-corrected chi connectivity index (χ0v) is 16.8. The van der Waals surface area contributed by atoms with Gasteiger partial charge in [-0.05, 0) is 30.5 Å². The number of hydrogen-bond acceptors (Lipinski definition) is 5. The Labute approximate surface area is 162 Å². The van der Waals surface area contributed by atoms with Crippen molar-refractivity contribution < 1.29 is 19.0 Å². The van der Waals surface area contributed by atoms with E-state index in [9.17, 15) is 4.79 Å². The van der Waals surface area contributed by atoms with Crippen LogP contribution in [0.4, 0.5) is 0 Å². The summed E-state index contributed by atoms with van der Waals surface area (Å²) in [5.41, 5.74) is 0.902. The molecule has 1 saturated carbocycles. The van der Waals surface area contributed by atoms with Gasteiger partial charge >= 0.3 is 0 Å². The van der Waals surface area contributed by atoms with Gasteiger partial charge < -0.3 is 19.5 Å². The molecule has 150 valence electrons. The van der Waals surface area contributed by atoms with Crippen molar-refractivity contribution >= 4 is 5.91 Å². The van der Waals surface area contributed by atoms with Crippen molar-refractivity contribution in [3.8, 4) is 11.5 Å². The highest BCUT2D eigenvalue weighted by molar-refractivity contribution is 5.82. The first-order valence-corrected chi connectivity index (χ1v) is 9.89. The van der Waals surface area contributed by atoms with E-state index in [1.165, 1.54) is 0 Å². The van der Waals surface area contributed by atoms with Crippen LogP contribution in [0.1, 0.15) is 44.2 Å². The van der Waals surface area contributed by atoms with Crippen LogP contribution in [0, 0.1) is 5.41 Å². The molecular formula is C21H32N2O4. The van der Waals surface area contributed by atoms with Gasteiger partial charge in [-0.25, -0.2) is 0 Å². The quantitative estimate of drug-likeness (QED) is 0.793. The average Bonchev–Trinajstić information content (AvgIpc) is 3.16. The molecule has 1 aromatic carbocycles. The molecule has 1 heterocycles. The lowest BCUT2D eigenvalue weighted by atomic mass is 9.87. The van der Waals surface area contributed by atoms with E-state index in [2.05, 4.69) is 23.2 Å². The van der Waals surface area contributed by atoms with Gasteiger partial charge in [-0.3, -0.25) is 9.69 Å². The molecule has 1 aliphatic heterocycles. The van der Waals surface area contributed by atoms with Gasteiger partial charge in [0.25, 0.3) is 0 Å². The van der Waals surface area contributed by atoms with Crippen LogP contribution in [0.25, 0.3) is 0 Å². The highest BCUT2D eigenvalue weighted by Crippen LogP contribution is 2.38. The van der Waals surface area contributed by atoms with Crippen molar-refractivity contribution in [3.05, 3.63) is 23.8 Å².